The number of ether oxygens (including phenoxy) is 1. The van der Waals surface area contributed by atoms with E-state index in [1.807, 2.05) is 30.3 Å². The van der Waals surface area contributed by atoms with Crippen LogP contribution >= 0.6 is 24.0 Å². The topological polar surface area (TPSA) is 40.1 Å². The molecule has 0 aromatic heterocycles. The van der Waals surface area contributed by atoms with Crippen molar-refractivity contribution in [3.05, 3.63) is 30.3 Å². The van der Waals surface area contributed by atoms with Crippen molar-refractivity contribution < 1.29 is 4.74 Å². The summed E-state index contributed by atoms with van der Waals surface area (Å²) in [5, 5.41) is 3.49. The van der Waals surface area contributed by atoms with Crippen LogP contribution in [0.5, 0.6) is 5.75 Å². The lowest BCUT2D eigenvalue weighted by Crippen LogP contribution is -2.47. The second-order valence-corrected chi connectivity index (χ2v) is 7.36. The van der Waals surface area contributed by atoms with Crippen LogP contribution in [0.15, 0.2) is 35.3 Å². The standard InChI is InChI=1S/C21H34N4O.HI/c1-3-22-21(23-16-18-10-13-24(4-2)17-18)25-14-11-20(12-15-25)26-19-8-6-5-7-9-19;/h5-9,18,20H,3-4,10-17H2,1-2H3,(H,22,23);1H. The summed E-state index contributed by atoms with van der Waals surface area (Å²) in [5.74, 6) is 2.77. The summed E-state index contributed by atoms with van der Waals surface area (Å²) in [6.07, 6.45) is 3.69. The van der Waals surface area contributed by atoms with Crippen molar-refractivity contribution in [1.29, 1.82) is 0 Å². The van der Waals surface area contributed by atoms with Gasteiger partial charge < -0.3 is 19.9 Å². The van der Waals surface area contributed by atoms with Crippen LogP contribution < -0.4 is 10.1 Å². The van der Waals surface area contributed by atoms with Crippen molar-refractivity contribution >= 4 is 29.9 Å². The molecule has 1 unspecified atom stereocenters. The maximum atomic E-state index is 6.12. The van der Waals surface area contributed by atoms with Crippen LogP contribution in [-0.2, 0) is 0 Å². The minimum atomic E-state index is 0. The van der Waals surface area contributed by atoms with Gasteiger partial charge in [-0.25, -0.2) is 0 Å². The van der Waals surface area contributed by atoms with Gasteiger partial charge in [0.1, 0.15) is 11.9 Å². The Morgan fingerprint density at radius 2 is 1.85 bits per heavy atom. The van der Waals surface area contributed by atoms with Crippen LogP contribution in [0.1, 0.15) is 33.1 Å². The number of nitrogens with zero attached hydrogens (tertiary/aromatic N) is 3. The lowest BCUT2D eigenvalue weighted by Gasteiger charge is -2.34. The highest BCUT2D eigenvalue weighted by atomic mass is 127. The third-order valence-electron chi connectivity index (χ3n) is 5.44. The van der Waals surface area contributed by atoms with E-state index in [2.05, 4.69) is 29.0 Å². The highest BCUT2D eigenvalue weighted by Crippen LogP contribution is 2.19. The van der Waals surface area contributed by atoms with Crippen LogP contribution in [0, 0.1) is 5.92 Å². The highest BCUT2D eigenvalue weighted by Gasteiger charge is 2.24. The Labute approximate surface area is 181 Å². The molecule has 3 rings (SSSR count). The van der Waals surface area contributed by atoms with Crippen molar-refractivity contribution in [2.24, 2.45) is 10.9 Å². The van der Waals surface area contributed by atoms with Crippen LogP contribution in [0.2, 0.25) is 0 Å². The SMILES string of the molecule is CCNC(=NCC1CCN(CC)C1)N1CCC(Oc2ccccc2)CC1.I. The van der Waals surface area contributed by atoms with Crippen molar-refractivity contribution in [2.75, 3.05) is 45.8 Å². The number of guanidine groups is 1. The maximum absolute atomic E-state index is 6.12. The zero-order chi connectivity index (χ0) is 18.2. The van der Waals surface area contributed by atoms with Gasteiger partial charge in [-0.05, 0) is 44.5 Å². The van der Waals surface area contributed by atoms with E-state index in [4.69, 9.17) is 9.73 Å². The monoisotopic (exact) mass is 486 g/mol. The molecule has 2 fully saturated rings. The van der Waals surface area contributed by atoms with Gasteiger partial charge in [0.2, 0.25) is 0 Å². The molecule has 27 heavy (non-hydrogen) atoms. The number of benzene rings is 1. The van der Waals surface area contributed by atoms with Crippen LogP contribution in [0.3, 0.4) is 0 Å². The Hall–Kier alpha value is -1.02. The van der Waals surface area contributed by atoms with Crippen molar-refractivity contribution in [1.82, 2.24) is 15.1 Å². The predicted molar refractivity (Wildman–Crippen MR) is 123 cm³/mol. The number of aliphatic imine (C=N–C) groups is 1. The number of halogens is 1. The summed E-state index contributed by atoms with van der Waals surface area (Å²) in [6.45, 7) is 11.9. The fraction of sp³-hybridized carbons (Fsp3) is 0.667. The molecule has 2 aliphatic heterocycles. The van der Waals surface area contributed by atoms with Crippen molar-refractivity contribution in [3.63, 3.8) is 0 Å². The second-order valence-electron chi connectivity index (χ2n) is 7.36. The molecule has 0 saturated carbocycles. The number of rotatable bonds is 6. The number of piperidine rings is 1. The lowest BCUT2D eigenvalue weighted by atomic mass is 10.1. The van der Waals surface area contributed by atoms with Crippen LogP contribution in [0.4, 0.5) is 0 Å². The average molecular weight is 486 g/mol. The van der Waals surface area contributed by atoms with Crippen LogP contribution in [0.25, 0.3) is 0 Å². The molecule has 2 heterocycles. The van der Waals surface area contributed by atoms with Gasteiger partial charge in [0.15, 0.2) is 5.96 Å². The van der Waals surface area contributed by atoms with E-state index in [1.165, 1.54) is 19.5 Å². The normalized spacial score (nSPS) is 21.8. The summed E-state index contributed by atoms with van der Waals surface area (Å²) >= 11 is 0. The van der Waals surface area contributed by atoms with Crippen molar-refractivity contribution in [3.8, 4) is 5.75 Å². The molecule has 2 aliphatic rings. The molecule has 0 bridgehead atoms. The number of hydrogen-bond acceptors (Lipinski definition) is 3. The van der Waals surface area contributed by atoms with E-state index in [0.717, 1.165) is 57.3 Å². The molecule has 1 atom stereocenters. The van der Waals surface area contributed by atoms with E-state index in [9.17, 15) is 0 Å². The van der Waals surface area contributed by atoms with E-state index >= 15 is 0 Å². The lowest BCUT2D eigenvalue weighted by molar-refractivity contribution is 0.129. The van der Waals surface area contributed by atoms with Crippen molar-refractivity contribution in [2.45, 2.75) is 39.2 Å². The Morgan fingerprint density at radius 1 is 1.11 bits per heavy atom. The molecule has 0 amide bonds. The fourth-order valence-corrected chi connectivity index (χ4v) is 3.87. The summed E-state index contributed by atoms with van der Waals surface area (Å²) in [6, 6.07) is 10.2. The third-order valence-corrected chi connectivity index (χ3v) is 5.44. The van der Waals surface area contributed by atoms with Gasteiger partial charge in [-0.2, -0.15) is 0 Å². The first-order chi connectivity index (χ1) is 12.8. The summed E-state index contributed by atoms with van der Waals surface area (Å²) in [4.78, 5) is 9.89. The summed E-state index contributed by atoms with van der Waals surface area (Å²) in [7, 11) is 0. The zero-order valence-corrected chi connectivity index (χ0v) is 19.1. The Balaban J connectivity index is 0.00000261. The summed E-state index contributed by atoms with van der Waals surface area (Å²) in [5.41, 5.74) is 0. The zero-order valence-electron chi connectivity index (χ0n) is 16.8. The maximum Gasteiger partial charge on any atom is 0.193 e. The minimum Gasteiger partial charge on any atom is -0.490 e. The minimum absolute atomic E-state index is 0. The van der Waals surface area contributed by atoms with Gasteiger partial charge in [0.25, 0.3) is 0 Å². The van der Waals surface area contributed by atoms with Gasteiger partial charge in [-0.3, -0.25) is 4.99 Å². The van der Waals surface area contributed by atoms with Gasteiger partial charge in [0.05, 0.1) is 0 Å². The molecule has 0 spiro atoms. The Bertz CT molecular complexity index is 561. The quantitative estimate of drug-likeness (QED) is 0.380. The number of para-hydroxylation sites is 1. The average Bonchev–Trinajstić information content (AvgIpc) is 3.15. The molecule has 1 N–H and O–H groups in total. The first-order valence-corrected chi connectivity index (χ1v) is 10.3. The molecule has 1 aromatic carbocycles. The van der Waals surface area contributed by atoms with E-state index in [-0.39, 0.29) is 24.0 Å². The number of hydrogen-bond donors (Lipinski definition) is 1. The van der Waals surface area contributed by atoms with E-state index in [0.29, 0.717) is 12.0 Å². The number of likely N-dealkylation sites (tertiary alicyclic amines) is 2. The molecule has 2 saturated heterocycles. The van der Waals surface area contributed by atoms with Gasteiger partial charge in [0, 0.05) is 45.6 Å². The van der Waals surface area contributed by atoms with E-state index < -0.39 is 0 Å². The molecule has 1 aromatic rings. The Morgan fingerprint density at radius 3 is 2.48 bits per heavy atom. The molecular formula is C21H35IN4O. The Kier molecular flexibility index (Phi) is 9.68. The smallest absolute Gasteiger partial charge is 0.193 e. The third kappa shape index (κ3) is 6.82. The highest BCUT2D eigenvalue weighted by molar-refractivity contribution is 14.0. The molecule has 0 radical (unpaired) electrons. The number of nitrogens with one attached hydrogen (secondary N) is 1. The first kappa shape index (κ1) is 22.3. The van der Waals surface area contributed by atoms with Gasteiger partial charge in [-0.15, -0.1) is 24.0 Å². The van der Waals surface area contributed by atoms with Gasteiger partial charge >= 0.3 is 0 Å². The fourth-order valence-electron chi connectivity index (χ4n) is 3.87. The van der Waals surface area contributed by atoms with Gasteiger partial charge in [-0.1, -0.05) is 25.1 Å². The molecule has 0 aliphatic carbocycles. The molecule has 6 heteroatoms. The van der Waals surface area contributed by atoms with Crippen LogP contribution in [-0.4, -0.2) is 67.7 Å². The summed E-state index contributed by atoms with van der Waals surface area (Å²) < 4.78 is 6.12. The predicted octanol–water partition coefficient (Wildman–Crippen LogP) is 3.46. The largest absolute Gasteiger partial charge is 0.490 e. The van der Waals surface area contributed by atoms with E-state index in [1.54, 1.807) is 0 Å². The molecular weight excluding hydrogens is 451 g/mol. The second kappa shape index (κ2) is 11.7. The first-order valence-electron chi connectivity index (χ1n) is 10.3. The molecule has 152 valence electrons. The molecule has 5 nitrogen and oxygen atoms in total.